The number of hydrogen-bond donors (Lipinski definition) is 1. The number of rotatable bonds is 1. The molecule has 0 aliphatic carbocycles. The van der Waals surface area contributed by atoms with Gasteiger partial charge in [-0.2, -0.15) is 5.26 Å². The molecule has 3 N–H and O–H groups in total. The first kappa shape index (κ1) is 16.7. The van der Waals surface area contributed by atoms with Crippen LogP contribution in [0.15, 0.2) is 0 Å². The van der Waals surface area contributed by atoms with E-state index >= 15 is 0 Å². The summed E-state index contributed by atoms with van der Waals surface area (Å²) in [7, 11) is -1.85. The molecule has 0 unspecified atom stereocenters. The van der Waals surface area contributed by atoms with Crippen molar-refractivity contribution in [1.82, 2.24) is 0 Å². The molecule has 0 heterocycles. The summed E-state index contributed by atoms with van der Waals surface area (Å²) in [5, 5.41) is 7.32. The molecule has 0 atom stereocenters. The van der Waals surface area contributed by atoms with Gasteiger partial charge in [0.2, 0.25) is 10.4 Å². The van der Waals surface area contributed by atoms with Crippen LogP contribution in [0, 0.1) is 11.3 Å². The molecule has 0 rings (SSSR count). The Morgan fingerprint density at radius 2 is 1.64 bits per heavy atom. The van der Waals surface area contributed by atoms with Gasteiger partial charge >= 0.3 is 0 Å². The lowest BCUT2D eigenvalue weighted by Gasteiger charge is -1.98. The second kappa shape index (κ2) is 12.0. The van der Waals surface area contributed by atoms with Gasteiger partial charge < -0.3 is 10.3 Å². The lowest BCUT2D eigenvalue weighted by molar-refractivity contribution is -0.325. The molecule has 0 amide bonds. The van der Waals surface area contributed by atoms with Crippen LogP contribution < -0.4 is 5.73 Å². The molecule has 0 saturated heterocycles. The van der Waals surface area contributed by atoms with E-state index in [1.165, 1.54) is 6.92 Å². The third-order valence-electron chi connectivity index (χ3n) is 0.204. The van der Waals surface area contributed by atoms with Crippen molar-refractivity contribution >= 4 is 10.4 Å². The lowest BCUT2D eigenvalue weighted by Crippen LogP contribution is -2.40. The Morgan fingerprint density at radius 1 is 1.55 bits per heavy atom. The van der Waals surface area contributed by atoms with Crippen LogP contribution >= 0.6 is 0 Å². The summed E-state index contributed by atoms with van der Waals surface area (Å²) in [4.78, 5) is 0. The van der Waals surface area contributed by atoms with Crippen LogP contribution in [0.2, 0.25) is 0 Å². The second-order valence-electron chi connectivity index (χ2n) is 0.799. The molecule has 0 radical (unpaired) electrons. The van der Waals surface area contributed by atoms with Crippen LogP contribution in [0.1, 0.15) is 6.92 Å². The fourth-order valence-electron chi connectivity index (χ4n) is 0. The van der Waals surface area contributed by atoms with E-state index in [1.807, 2.05) is 0 Å². The number of quaternary nitrogens is 1. The fourth-order valence-corrected chi connectivity index (χ4v) is 0. The Labute approximate surface area is 66.5 Å². The minimum atomic E-state index is -4.41. The Kier molecular flexibility index (Phi) is 18.3. The van der Waals surface area contributed by atoms with Crippen molar-refractivity contribution in [3.63, 3.8) is 0 Å². The van der Waals surface area contributed by atoms with Gasteiger partial charge in [0.15, 0.2) is 0 Å². The molecule has 0 aromatic heterocycles. The summed E-state index contributed by atoms with van der Waals surface area (Å²) in [6.45, 7) is 1.43. The molecule has 68 valence electrons. The van der Waals surface area contributed by atoms with Crippen molar-refractivity contribution in [2.75, 3.05) is 14.2 Å². The van der Waals surface area contributed by atoms with Crippen molar-refractivity contribution in [3.05, 3.63) is 0 Å². The summed E-state index contributed by atoms with van der Waals surface area (Å²) < 4.78 is 31.0. The second-order valence-corrected chi connectivity index (χ2v) is 1.95. The lowest BCUT2D eigenvalue weighted by atomic mass is 11.0. The first-order valence-electron chi connectivity index (χ1n) is 2.51. The Balaban J connectivity index is -0.000000109. The molecular formula is C4H12N2O4S. The molecule has 0 aliphatic rings. The van der Waals surface area contributed by atoms with Crippen LogP contribution in [0.4, 0.5) is 0 Å². The van der Waals surface area contributed by atoms with Gasteiger partial charge in [0.1, 0.15) is 0 Å². The molecule has 0 saturated carbocycles. The van der Waals surface area contributed by atoms with E-state index in [1.54, 1.807) is 13.1 Å². The van der Waals surface area contributed by atoms with Crippen molar-refractivity contribution < 1.29 is 22.9 Å². The molecule has 7 heteroatoms. The zero-order valence-corrected chi connectivity index (χ0v) is 7.51. The van der Waals surface area contributed by atoms with E-state index < -0.39 is 10.4 Å². The fraction of sp³-hybridized carbons (Fsp3) is 0.750. The van der Waals surface area contributed by atoms with Gasteiger partial charge in [0.05, 0.1) is 20.2 Å². The summed E-state index contributed by atoms with van der Waals surface area (Å²) in [5.41, 5.74) is 3.25. The highest BCUT2D eigenvalue weighted by atomic mass is 32.3. The highest BCUT2D eigenvalue weighted by Gasteiger charge is 1.79. The Bertz CT molecular complexity index is 181. The summed E-state index contributed by atoms with van der Waals surface area (Å²) >= 11 is 0. The van der Waals surface area contributed by atoms with Gasteiger partial charge in [0.25, 0.3) is 0 Å². The summed E-state index contributed by atoms with van der Waals surface area (Å²) in [5.74, 6) is 0. The summed E-state index contributed by atoms with van der Waals surface area (Å²) in [6, 6.07) is 1.75. The van der Waals surface area contributed by atoms with E-state index in [-0.39, 0.29) is 0 Å². The zero-order chi connectivity index (χ0) is 9.91. The van der Waals surface area contributed by atoms with Crippen molar-refractivity contribution in [3.8, 4) is 6.07 Å². The SMILES string of the molecule is CC#N.COS(=O)(=O)[O-].C[NH3+]. The molecule has 0 aromatic carbocycles. The van der Waals surface area contributed by atoms with Crippen LogP contribution in [0.5, 0.6) is 0 Å². The van der Waals surface area contributed by atoms with Crippen LogP contribution in [0.25, 0.3) is 0 Å². The third-order valence-corrected chi connectivity index (χ3v) is 0.612. The van der Waals surface area contributed by atoms with Gasteiger partial charge in [0, 0.05) is 6.92 Å². The number of nitrogens with zero attached hydrogens (tertiary/aromatic N) is 1. The van der Waals surface area contributed by atoms with E-state index in [4.69, 9.17) is 5.26 Å². The number of hydrogen-bond acceptors (Lipinski definition) is 5. The largest absolute Gasteiger partial charge is 0.726 e. The minimum Gasteiger partial charge on any atom is -0.726 e. The van der Waals surface area contributed by atoms with Gasteiger partial charge in [-0.25, -0.2) is 8.42 Å². The topological polar surface area (TPSA) is 118 Å². The standard InChI is InChI=1S/C2H3N.CH5N.CH4O4S/c1-2-3;1-2;1-5-6(2,3)4/h1H3;2H2,1H3;1H3,(H,2,3,4). The van der Waals surface area contributed by atoms with Gasteiger partial charge in [-0.1, -0.05) is 0 Å². The molecule has 0 spiro atoms. The van der Waals surface area contributed by atoms with Crippen LogP contribution in [-0.4, -0.2) is 27.1 Å². The van der Waals surface area contributed by atoms with E-state index in [0.717, 1.165) is 7.11 Å². The predicted octanol–water partition coefficient (Wildman–Crippen LogP) is -1.52. The van der Waals surface area contributed by atoms with Crippen molar-refractivity contribution in [2.45, 2.75) is 6.92 Å². The van der Waals surface area contributed by atoms with Gasteiger partial charge in [-0.3, -0.25) is 4.18 Å². The predicted molar refractivity (Wildman–Crippen MR) is 36.8 cm³/mol. The highest BCUT2D eigenvalue weighted by Crippen LogP contribution is 1.74. The monoisotopic (exact) mass is 184 g/mol. The van der Waals surface area contributed by atoms with Gasteiger partial charge in [-0.05, 0) is 0 Å². The Morgan fingerprint density at radius 3 is 1.64 bits per heavy atom. The van der Waals surface area contributed by atoms with Crippen molar-refractivity contribution in [2.24, 2.45) is 0 Å². The van der Waals surface area contributed by atoms with E-state index in [2.05, 4.69) is 9.92 Å². The first-order valence-corrected chi connectivity index (χ1v) is 3.84. The average Bonchev–Trinajstić information content (AvgIpc) is 1.93. The third kappa shape index (κ3) is 92.8. The molecule has 11 heavy (non-hydrogen) atoms. The quantitative estimate of drug-likeness (QED) is 0.392. The normalized spacial score (nSPS) is 7.64. The highest BCUT2D eigenvalue weighted by molar-refractivity contribution is 7.80. The number of nitriles is 1. The average molecular weight is 184 g/mol. The van der Waals surface area contributed by atoms with Gasteiger partial charge in [-0.15, -0.1) is 0 Å². The van der Waals surface area contributed by atoms with E-state index in [9.17, 15) is 13.0 Å². The smallest absolute Gasteiger partial charge is 0.217 e. The van der Waals surface area contributed by atoms with Crippen molar-refractivity contribution in [1.29, 1.82) is 5.26 Å². The molecule has 6 nitrogen and oxygen atoms in total. The first-order chi connectivity index (χ1) is 4.97. The van der Waals surface area contributed by atoms with E-state index in [0.29, 0.717) is 0 Å². The maximum atomic E-state index is 9.22. The zero-order valence-electron chi connectivity index (χ0n) is 6.70. The maximum absolute atomic E-state index is 9.22. The molecule has 0 aliphatic heterocycles. The van der Waals surface area contributed by atoms with Crippen LogP contribution in [0.3, 0.4) is 0 Å². The van der Waals surface area contributed by atoms with Crippen LogP contribution in [-0.2, 0) is 14.6 Å². The minimum absolute atomic E-state index is 0.808. The molecule has 0 bridgehead atoms. The maximum Gasteiger partial charge on any atom is 0.217 e. The molecule has 0 aromatic rings. The summed E-state index contributed by atoms with van der Waals surface area (Å²) in [6.07, 6.45) is 0. The molecule has 0 fully saturated rings. The molecular weight excluding hydrogens is 172 g/mol. The Hall–Kier alpha value is -0.680.